The number of methoxy groups -OCH3 is 2. The normalized spacial score (nSPS) is 8.43. The van der Waals surface area contributed by atoms with Crippen molar-refractivity contribution in [1.82, 2.24) is 0 Å². The average molecular weight is 190 g/mol. The maximum absolute atomic E-state index is 10.7. The molecular formula is C11H10O3. The number of benzene rings is 1. The molecule has 0 atom stereocenters. The lowest BCUT2D eigenvalue weighted by Crippen LogP contribution is -1.94. The standard InChI is InChI=1S/C11H10O3/c1-13-10-6-3-9(4-7-10)5-8-11(12)14-2/h3-4,6-7H,1-2H3. The predicted molar refractivity (Wildman–Crippen MR) is 51.9 cm³/mol. The van der Waals surface area contributed by atoms with Gasteiger partial charge in [0.25, 0.3) is 0 Å². The minimum atomic E-state index is -0.541. The van der Waals surface area contributed by atoms with Crippen molar-refractivity contribution in [2.45, 2.75) is 0 Å². The maximum Gasteiger partial charge on any atom is 0.384 e. The number of carbonyl (C=O) groups is 1. The summed E-state index contributed by atoms with van der Waals surface area (Å²) < 4.78 is 9.36. The van der Waals surface area contributed by atoms with Crippen LogP contribution in [0.2, 0.25) is 0 Å². The molecule has 3 heteroatoms. The highest BCUT2D eigenvalue weighted by Crippen LogP contribution is 2.09. The van der Waals surface area contributed by atoms with E-state index in [4.69, 9.17) is 4.74 Å². The predicted octanol–water partition coefficient (Wildman–Crippen LogP) is 1.22. The largest absolute Gasteiger partial charge is 0.497 e. The van der Waals surface area contributed by atoms with Crippen molar-refractivity contribution >= 4 is 5.97 Å². The first-order chi connectivity index (χ1) is 6.76. The zero-order valence-electron chi connectivity index (χ0n) is 8.03. The van der Waals surface area contributed by atoms with Gasteiger partial charge in [0.15, 0.2) is 0 Å². The summed E-state index contributed by atoms with van der Waals surface area (Å²) in [5.74, 6) is 5.22. The lowest BCUT2D eigenvalue weighted by atomic mass is 10.2. The van der Waals surface area contributed by atoms with Crippen LogP contribution in [-0.4, -0.2) is 20.2 Å². The van der Waals surface area contributed by atoms with E-state index in [9.17, 15) is 4.79 Å². The Hall–Kier alpha value is -1.95. The molecule has 0 unspecified atom stereocenters. The number of ether oxygens (including phenoxy) is 2. The summed E-state index contributed by atoms with van der Waals surface area (Å²) in [4.78, 5) is 10.7. The summed E-state index contributed by atoms with van der Waals surface area (Å²) >= 11 is 0. The first-order valence-corrected chi connectivity index (χ1v) is 4.00. The molecule has 1 aromatic carbocycles. The van der Waals surface area contributed by atoms with Gasteiger partial charge in [-0.2, -0.15) is 0 Å². The van der Waals surface area contributed by atoms with Gasteiger partial charge >= 0.3 is 5.97 Å². The SMILES string of the molecule is COC(=O)C#Cc1ccc(OC)cc1. The molecular weight excluding hydrogens is 180 g/mol. The number of carbonyl (C=O) groups excluding carboxylic acids is 1. The highest BCUT2D eigenvalue weighted by molar-refractivity contribution is 5.88. The minimum Gasteiger partial charge on any atom is -0.497 e. The molecule has 72 valence electrons. The van der Waals surface area contributed by atoms with E-state index in [-0.39, 0.29) is 0 Å². The van der Waals surface area contributed by atoms with E-state index in [1.807, 2.05) is 0 Å². The van der Waals surface area contributed by atoms with Crippen molar-refractivity contribution in [3.63, 3.8) is 0 Å². The van der Waals surface area contributed by atoms with Crippen LogP contribution in [0.25, 0.3) is 0 Å². The summed E-state index contributed by atoms with van der Waals surface area (Å²) in [5, 5.41) is 0. The molecule has 0 heterocycles. The molecule has 3 nitrogen and oxygen atoms in total. The molecule has 0 aliphatic heterocycles. The van der Waals surface area contributed by atoms with E-state index in [2.05, 4.69) is 16.6 Å². The van der Waals surface area contributed by atoms with Crippen LogP contribution in [0.1, 0.15) is 5.56 Å². The van der Waals surface area contributed by atoms with Gasteiger partial charge in [0, 0.05) is 11.5 Å². The summed E-state index contributed by atoms with van der Waals surface area (Å²) in [5.41, 5.74) is 0.746. The third-order valence-electron chi connectivity index (χ3n) is 1.58. The monoisotopic (exact) mass is 190 g/mol. The van der Waals surface area contributed by atoms with Crippen molar-refractivity contribution in [2.24, 2.45) is 0 Å². The third-order valence-corrected chi connectivity index (χ3v) is 1.58. The van der Waals surface area contributed by atoms with E-state index >= 15 is 0 Å². The molecule has 0 saturated heterocycles. The molecule has 14 heavy (non-hydrogen) atoms. The van der Waals surface area contributed by atoms with Crippen LogP contribution in [0.5, 0.6) is 5.75 Å². The van der Waals surface area contributed by atoms with Gasteiger partial charge in [0.2, 0.25) is 0 Å². The Morgan fingerprint density at radius 1 is 1.21 bits per heavy atom. The fourth-order valence-corrected chi connectivity index (χ4v) is 0.849. The molecule has 0 radical (unpaired) electrons. The Bertz CT molecular complexity index is 368. The Balaban J connectivity index is 2.76. The first kappa shape index (κ1) is 10.1. The smallest absolute Gasteiger partial charge is 0.384 e. The molecule has 0 saturated carbocycles. The zero-order valence-corrected chi connectivity index (χ0v) is 8.03. The molecule has 0 bridgehead atoms. The topological polar surface area (TPSA) is 35.5 Å². The van der Waals surface area contributed by atoms with Gasteiger partial charge < -0.3 is 9.47 Å². The van der Waals surface area contributed by atoms with Crippen LogP contribution in [0.15, 0.2) is 24.3 Å². The second kappa shape index (κ2) is 4.93. The lowest BCUT2D eigenvalue weighted by Gasteiger charge is -1.97. The summed E-state index contributed by atoms with van der Waals surface area (Å²) in [6, 6.07) is 7.10. The highest BCUT2D eigenvalue weighted by atomic mass is 16.5. The van der Waals surface area contributed by atoms with Gasteiger partial charge in [-0.3, -0.25) is 0 Å². The van der Waals surface area contributed by atoms with Crippen molar-refractivity contribution in [2.75, 3.05) is 14.2 Å². The van der Waals surface area contributed by atoms with Crippen LogP contribution in [0, 0.1) is 11.8 Å². The first-order valence-electron chi connectivity index (χ1n) is 4.00. The summed E-state index contributed by atoms with van der Waals surface area (Å²) in [7, 11) is 2.89. The Kier molecular flexibility index (Phi) is 3.57. The molecule has 0 fully saturated rings. The van der Waals surface area contributed by atoms with Crippen molar-refractivity contribution in [3.8, 4) is 17.6 Å². The molecule has 0 spiro atoms. The third kappa shape index (κ3) is 2.83. The number of esters is 1. The van der Waals surface area contributed by atoms with Crippen LogP contribution >= 0.6 is 0 Å². The number of rotatable bonds is 1. The Labute approximate surface area is 82.6 Å². The Morgan fingerprint density at radius 2 is 1.86 bits per heavy atom. The van der Waals surface area contributed by atoms with E-state index in [0.717, 1.165) is 11.3 Å². The second-order valence-corrected chi connectivity index (χ2v) is 2.47. The van der Waals surface area contributed by atoms with Crippen LogP contribution < -0.4 is 4.74 Å². The van der Waals surface area contributed by atoms with Gasteiger partial charge in [-0.15, -0.1) is 0 Å². The highest BCUT2D eigenvalue weighted by Gasteiger charge is 1.92. The maximum atomic E-state index is 10.7. The van der Waals surface area contributed by atoms with Gasteiger partial charge in [-0.25, -0.2) is 4.79 Å². The average Bonchev–Trinajstić information content (AvgIpc) is 2.26. The van der Waals surface area contributed by atoms with Gasteiger partial charge in [-0.05, 0) is 24.3 Å². The summed E-state index contributed by atoms with van der Waals surface area (Å²) in [6.07, 6.45) is 0. The van der Waals surface area contributed by atoms with Gasteiger partial charge in [-0.1, -0.05) is 5.92 Å². The molecule has 0 aliphatic carbocycles. The molecule has 0 aliphatic rings. The second-order valence-electron chi connectivity index (χ2n) is 2.47. The molecule has 1 rings (SSSR count). The van der Waals surface area contributed by atoms with Crippen LogP contribution in [0.4, 0.5) is 0 Å². The van der Waals surface area contributed by atoms with Gasteiger partial charge in [0.05, 0.1) is 14.2 Å². The van der Waals surface area contributed by atoms with E-state index in [1.165, 1.54) is 7.11 Å². The quantitative estimate of drug-likeness (QED) is 0.493. The van der Waals surface area contributed by atoms with Gasteiger partial charge in [0.1, 0.15) is 5.75 Å². The van der Waals surface area contributed by atoms with Crippen LogP contribution in [0.3, 0.4) is 0 Å². The number of hydrogen-bond acceptors (Lipinski definition) is 3. The van der Waals surface area contributed by atoms with E-state index < -0.39 is 5.97 Å². The summed E-state index contributed by atoms with van der Waals surface area (Å²) in [6.45, 7) is 0. The Morgan fingerprint density at radius 3 is 2.36 bits per heavy atom. The minimum absolute atomic E-state index is 0.541. The fraction of sp³-hybridized carbons (Fsp3) is 0.182. The molecule has 0 amide bonds. The van der Waals surface area contributed by atoms with Crippen molar-refractivity contribution in [1.29, 1.82) is 0 Å². The van der Waals surface area contributed by atoms with Crippen LogP contribution in [-0.2, 0) is 9.53 Å². The molecule has 1 aromatic rings. The number of hydrogen-bond donors (Lipinski definition) is 0. The van der Waals surface area contributed by atoms with Crippen molar-refractivity contribution in [3.05, 3.63) is 29.8 Å². The van der Waals surface area contributed by atoms with E-state index in [0.29, 0.717) is 0 Å². The molecule has 0 aromatic heterocycles. The zero-order chi connectivity index (χ0) is 10.4. The fourth-order valence-electron chi connectivity index (χ4n) is 0.849. The van der Waals surface area contributed by atoms with E-state index in [1.54, 1.807) is 31.4 Å². The van der Waals surface area contributed by atoms with Crippen molar-refractivity contribution < 1.29 is 14.3 Å². The molecule has 0 N–H and O–H groups in total. The lowest BCUT2D eigenvalue weighted by molar-refractivity contribution is -0.133.